The van der Waals surface area contributed by atoms with Crippen molar-refractivity contribution in [3.8, 4) is 5.75 Å². The minimum atomic E-state index is -0.416. The van der Waals surface area contributed by atoms with Crippen LogP contribution in [-0.4, -0.2) is 31.5 Å². The average molecular weight is 410 g/mol. The van der Waals surface area contributed by atoms with Crippen molar-refractivity contribution in [2.45, 2.75) is 32.1 Å². The lowest BCUT2D eigenvalue weighted by molar-refractivity contribution is -0.148. The lowest BCUT2D eigenvalue weighted by Crippen LogP contribution is -2.21. The van der Waals surface area contributed by atoms with Crippen LogP contribution < -0.4 is 15.4 Å². The third-order valence-corrected chi connectivity index (χ3v) is 5.08. The Balaban J connectivity index is 1.47. The van der Waals surface area contributed by atoms with Crippen LogP contribution in [-0.2, 0) is 14.3 Å². The first kappa shape index (κ1) is 21.4. The highest BCUT2D eigenvalue weighted by molar-refractivity contribution is 6.05. The molecular weight excluding hydrogens is 384 g/mol. The van der Waals surface area contributed by atoms with Crippen molar-refractivity contribution in [1.29, 1.82) is 0 Å². The number of esters is 1. The number of rotatable bonds is 8. The summed E-state index contributed by atoms with van der Waals surface area (Å²) in [5.41, 5.74) is 1.52. The zero-order valence-electron chi connectivity index (χ0n) is 17.0. The second-order valence-electron chi connectivity index (χ2n) is 7.30. The average Bonchev–Trinajstić information content (AvgIpc) is 3.26. The summed E-state index contributed by atoms with van der Waals surface area (Å²) in [5.74, 6) is -0.0908. The molecule has 0 saturated heterocycles. The first-order valence-electron chi connectivity index (χ1n) is 10.0. The van der Waals surface area contributed by atoms with Gasteiger partial charge in [-0.15, -0.1) is 0 Å². The molecule has 0 aromatic heterocycles. The van der Waals surface area contributed by atoms with Gasteiger partial charge in [0.2, 0.25) is 0 Å². The first-order chi connectivity index (χ1) is 14.5. The van der Waals surface area contributed by atoms with Crippen LogP contribution in [0.2, 0.25) is 0 Å². The van der Waals surface area contributed by atoms with Gasteiger partial charge in [-0.05, 0) is 55.2 Å². The molecule has 3 rings (SSSR count). The maximum Gasteiger partial charge on any atom is 0.306 e. The predicted octanol–water partition coefficient (Wildman–Crippen LogP) is 4.01. The Labute approximate surface area is 175 Å². The zero-order chi connectivity index (χ0) is 21.3. The van der Waals surface area contributed by atoms with Gasteiger partial charge < -0.3 is 20.1 Å². The van der Waals surface area contributed by atoms with Crippen molar-refractivity contribution in [1.82, 2.24) is 0 Å². The van der Waals surface area contributed by atoms with Gasteiger partial charge in [-0.3, -0.25) is 14.4 Å². The van der Waals surface area contributed by atoms with Crippen molar-refractivity contribution in [3.63, 3.8) is 0 Å². The Bertz CT molecular complexity index is 889. The van der Waals surface area contributed by atoms with Crippen molar-refractivity contribution in [3.05, 3.63) is 54.1 Å². The van der Waals surface area contributed by atoms with Crippen LogP contribution in [0.5, 0.6) is 5.75 Å². The van der Waals surface area contributed by atoms with Gasteiger partial charge in [0.25, 0.3) is 11.8 Å². The van der Waals surface area contributed by atoms with Crippen molar-refractivity contribution in [2.75, 3.05) is 24.4 Å². The number of anilines is 2. The number of hydrogen-bond acceptors (Lipinski definition) is 5. The van der Waals surface area contributed by atoms with E-state index in [1.165, 1.54) is 7.11 Å². The molecule has 1 aliphatic carbocycles. The number of nitrogens with one attached hydrogen (secondary N) is 2. The van der Waals surface area contributed by atoms with Crippen LogP contribution in [0.3, 0.4) is 0 Å². The zero-order valence-corrected chi connectivity index (χ0v) is 17.0. The smallest absolute Gasteiger partial charge is 0.306 e. The summed E-state index contributed by atoms with van der Waals surface area (Å²) in [6.45, 7) is -0.318. The van der Waals surface area contributed by atoms with E-state index < -0.39 is 5.91 Å². The molecule has 158 valence electrons. The molecule has 0 bridgehead atoms. The third kappa shape index (κ3) is 6.07. The Morgan fingerprint density at radius 2 is 1.67 bits per heavy atom. The van der Waals surface area contributed by atoms with Gasteiger partial charge in [-0.1, -0.05) is 25.0 Å². The SMILES string of the molecule is COc1ccccc1NC(=O)c1ccc(NC(=O)COC(=O)CC2CCCC2)cc1. The quantitative estimate of drug-likeness (QED) is 0.642. The van der Waals surface area contributed by atoms with Gasteiger partial charge in [0.1, 0.15) is 5.75 Å². The molecule has 0 unspecified atom stereocenters. The Morgan fingerprint density at radius 3 is 2.37 bits per heavy atom. The Kier molecular flexibility index (Phi) is 7.43. The Morgan fingerprint density at radius 1 is 0.967 bits per heavy atom. The molecule has 0 radical (unpaired) electrons. The van der Waals surface area contributed by atoms with Crippen LogP contribution in [0, 0.1) is 5.92 Å². The highest BCUT2D eigenvalue weighted by Crippen LogP contribution is 2.27. The summed E-state index contributed by atoms with van der Waals surface area (Å²) in [4.78, 5) is 36.2. The number of ether oxygens (including phenoxy) is 2. The Hall–Kier alpha value is -3.35. The molecule has 2 aromatic rings. The van der Waals surface area contributed by atoms with Crippen LogP contribution >= 0.6 is 0 Å². The molecule has 2 N–H and O–H groups in total. The maximum absolute atomic E-state index is 12.4. The molecule has 0 aliphatic heterocycles. The molecule has 0 spiro atoms. The standard InChI is InChI=1S/C23H26N2O5/c1-29-20-9-5-4-8-19(20)25-23(28)17-10-12-18(13-11-17)24-21(26)15-30-22(27)14-16-6-2-3-7-16/h4-5,8-13,16H,2-3,6-7,14-15H2,1H3,(H,24,26)(H,25,28). The minimum absolute atomic E-state index is 0.293. The third-order valence-electron chi connectivity index (χ3n) is 5.08. The fourth-order valence-corrected chi connectivity index (χ4v) is 3.50. The minimum Gasteiger partial charge on any atom is -0.495 e. The number of para-hydroxylation sites is 2. The molecule has 30 heavy (non-hydrogen) atoms. The summed E-state index contributed by atoms with van der Waals surface area (Å²) in [6.07, 6.45) is 4.80. The highest BCUT2D eigenvalue weighted by atomic mass is 16.5. The summed E-state index contributed by atoms with van der Waals surface area (Å²) < 4.78 is 10.3. The van der Waals surface area contributed by atoms with Crippen LogP contribution in [0.15, 0.2) is 48.5 Å². The van der Waals surface area contributed by atoms with E-state index in [1.54, 1.807) is 42.5 Å². The topological polar surface area (TPSA) is 93.7 Å². The molecule has 2 amide bonds. The summed E-state index contributed by atoms with van der Waals surface area (Å²) in [6, 6.07) is 13.6. The molecule has 0 heterocycles. The van der Waals surface area contributed by atoms with Gasteiger partial charge in [0.15, 0.2) is 6.61 Å². The van der Waals surface area contributed by atoms with Crippen LogP contribution in [0.25, 0.3) is 0 Å². The fraction of sp³-hybridized carbons (Fsp3) is 0.348. The van der Waals surface area contributed by atoms with E-state index >= 15 is 0 Å². The molecular formula is C23H26N2O5. The van der Waals surface area contributed by atoms with Gasteiger partial charge in [-0.2, -0.15) is 0 Å². The summed E-state index contributed by atoms with van der Waals surface area (Å²) in [7, 11) is 1.54. The van der Waals surface area contributed by atoms with E-state index in [-0.39, 0.29) is 18.5 Å². The van der Waals surface area contributed by atoms with Crippen molar-refractivity contribution in [2.24, 2.45) is 5.92 Å². The van der Waals surface area contributed by atoms with E-state index in [0.29, 0.717) is 35.0 Å². The summed E-state index contributed by atoms with van der Waals surface area (Å²) >= 11 is 0. The van der Waals surface area contributed by atoms with Gasteiger partial charge in [-0.25, -0.2) is 0 Å². The van der Waals surface area contributed by atoms with E-state index in [1.807, 2.05) is 6.07 Å². The molecule has 2 aromatic carbocycles. The number of amides is 2. The van der Waals surface area contributed by atoms with E-state index in [2.05, 4.69) is 10.6 Å². The molecule has 1 saturated carbocycles. The normalized spacial score (nSPS) is 13.5. The number of methoxy groups -OCH3 is 1. The number of carbonyl (C=O) groups excluding carboxylic acids is 3. The lowest BCUT2D eigenvalue weighted by Gasteiger charge is -2.11. The molecule has 0 atom stereocenters. The molecule has 7 nitrogen and oxygen atoms in total. The number of carbonyl (C=O) groups is 3. The van der Waals surface area contributed by atoms with Gasteiger partial charge >= 0.3 is 5.97 Å². The van der Waals surface area contributed by atoms with Gasteiger partial charge in [0, 0.05) is 17.7 Å². The maximum atomic E-state index is 12.4. The number of benzene rings is 2. The molecule has 1 aliphatic rings. The number of hydrogen-bond donors (Lipinski definition) is 2. The predicted molar refractivity (Wildman–Crippen MR) is 114 cm³/mol. The lowest BCUT2D eigenvalue weighted by atomic mass is 10.1. The molecule has 1 fully saturated rings. The van der Waals surface area contributed by atoms with Crippen molar-refractivity contribution >= 4 is 29.2 Å². The second kappa shape index (κ2) is 10.4. The monoisotopic (exact) mass is 410 g/mol. The second-order valence-corrected chi connectivity index (χ2v) is 7.30. The molecule has 7 heteroatoms. The largest absolute Gasteiger partial charge is 0.495 e. The first-order valence-corrected chi connectivity index (χ1v) is 10.0. The van der Waals surface area contributed by atoms with Crippen LogP contribution in [0.4, 0.5) is 11.4 Å². The van der Waals surface area contributed by atoms with Gasteiger partial charge in [0.05, 0.1) is 12.8 Å². The van der Waals surface area contributed by atoms with Crippen molar-refractivity contribution < 1.29 is 23.9 Å². The van der Waals surface area contributed by atoms with E-state index in [0.717, 1.165) is 25.7 Å². The van der Waals surface area contributed by atoms with Crippen LogP contribution in [0.1, 0.15) is 42.5 Å². The van der Waals surface area contributed by atoms with E-state index in [4.69, 9.17) is 9.47 Å². The highest BCUT2D eigenvalue weighted by Gasteiger charge is 2.19. The summed E-state index contributed by atoms with van der Waals surface area (Å²) in [5, 5.41) is 5.45. The van der Waals surface area contributed by atoms with E-state index in [9.17, 15) is 14.4 Å². The fourth-order valence-electron chi connectivity index (χ4n) is 3.50.